The van der Waals surface area contributed by atoms with Gasteiger partial charge < -0.3 is 10.2 Å². The maximum absolute atomic E-state index is 9.43. The zero-order chi connectivity index (χ0) is 11.0. The van der Waals surface area contributed by atoms with E-state index in [1.165, 1.54) is 0 Å². The molecule has 0 aromatic carbocycles. The molecule has 13 heavy (non-hydrogen) atoms. The Labute approximate surface area is 82.0 Å². The van der Waals surface area contributed by atoms with E-state index in [0.717, 1.165) is 0 Å². The predicted molar refractivity (Wildman–Crippen MR) is 41.6 cm³/mol. The van der Waals surface area contributed by atoms with Gasteiger partial charge in [-0.1, -0.05) is 0 Å². The molecule has 2 N–H and O–H groups in total. The summed E-state index contributed by atoms with van der Waals surface area (Å²) >= 11 is 8.98. The fraction of sp³-hybridized carbons (Fsp3) is 0.200. The lowest BCUT2D eigenvalue weighted by Gasteiger charge is -1.80. The van der Waals surface area contributed by atoms with Crippen molar-refractivity contribution < 1.29 is 29.4 Å². The molecular formula is C5H4Cl2O6. The smallest absolute Gasteiger partial charge is 0.314 e. The second-order valence-electron chi connectivity index (χ2n) is 1.51. The van der Waals surface area contributed by atoms with Gasteiger partial charge in [-0.2, -0.15) is 0 Å². The highest BCUT2D eigenvalue weighted by Crippen LogP contribution is 1.84. The topological polar surface area (TPSA) is 109 Å². The van der Waals surface area contributed by atoms with Crippen LogP contribution in [-0.2, 0) is 19.2 Å². The molecule has 0 saturated carbocycles. The van der Waals surface area contributed by atoms with E-state index in [-0.39, 0.29) is 0 Å². The minimum Gasteiger partial charge on any atom is -0.481 e. The quantitative estimate of drug-likeness (QED) is 0.404. The zero-order valence-electron chi connectivity index (χ0n) is 5.99. The number of rotatable bonds is 3. The van der Waals surface area contributed by atoms with Crippen LogP contribution in [0.2, 0.25) is 0 Å². The van der Waals surface area contributed by atoms with Crippen molar-refractivity contribution >= 4 is 45.6 Å². The summed E-state index contributed by atoms with van der Waals surface area (Å²) < 4.78 is 0. The Bertz CT molecular complexity index is 211. The summed E-state index contributed by atoms with van der Waals surface area (Å²) in [6.45, 7) is 0. The van der Waals surface area contributed by atoms with Crippen molar-refractivity contribution in [1.29, 1.82) is 0 Å². The van der Waals surface area contributed by atoms with E-state index in [9.17, 15) is 19.2 Å². The highest BCUT2D eigenvalue weighted by atomic mass is 35.5. The van der Waals surface area contributed by atoms with E-state index in [2.05, 4.69) is 23.2 Å². The minimum absolute atomic E-state index is 0.806. The molecule has 0 aliphatic carbocycles. The minimum atomic E-state index is -1.31. The maximum atomic E-state index is 9.43. The summed E-state index contributed by atoms with van der Waals surface area (Å²) in [7, 11) is 0. The number of hydrogen-bond acceptors (Lipinski definition) is 4. The molecule has 0 aliphatic rings. The zero-order valence-corrected chi connectivity index (χ0v) is 7.50. The molecule has 0 fully saturated rings. The second kappa shape index (κ2) is 7.51. The van der Waals surface area contributed by atoms with Crippen LogP contribution in [-0.4, -0.2) is 32.6 Å². The normalized spacial score (nSPS) is 7.85. The average Bonchev–Trinajstić information content (AvgIpc) is 1.84. The lowest BCUT2D eigenvalue weighted by atomic mass is 10.5. The van der Waals surface area contributed by atoms with E-state index in [1.807, 2.05) is 0 Å². The Morgan fingerprint density at radius 2 is 1.08 bits per heavy atom. The van der Waals surface area contributed by atoms with Crippen LogP contribution in [0.3, 0.4) is 0 Å². The molecule has 0 unspecified atom stereocenters. The van der Waals surface area contributed by atoms with Gasteiger partial charge in [0.2, 0.25) is 0 Å². The van der Waals surface area contributed by atoms with Gasteiger partial charge in [0.25, 0.3) is 0 Å². The van der Waals surface area contributed by atoms with Crippen LogP contribution in [0.4, 0.5) is 0 Å². The summed E-state index contributed by atoms with van der Waals surface area (Å²) in [6.07, 6.45) is -0.806. The van der Waals surface area contributed by atoms with Gasteiger partial charge in [-0.05, 0) is 23.2 Å². The lowest BCUT2D eigenvalue weighted by molar-refractivity contribution is -0.147. The molecule has 6 nitrogen and oxygen atoms in total. The van der Waals surface area contributed by atoms with Crippen molar-refractivity contribution in [2.24, 2.45) is 0 Å². The number of carbonyl (C=O) groups is 4. The summed E-state index contributed by atoms with van der Waals surface area (Å²) in [4.78, 5) is 37.7. The first-order valence-electron chi connectivity index (χ1n) is 2.60. The van der Waals surface area contributed by atoms with Gasteiger partial charge in [0.1, 0.15) is 6.42 Å². The van der Waals surface area contributed by atoms with Crippen molar-refractivity contribution in [1.82, 2.24) is 0 Å². The Morgan fingerprint density at radius 3 is 1.08 bits per heavy atom. The van der Waals surface area contributed by atoms with Gasteiger partial charge in [0.15, 0.2) is 0 Å². The van der Waals surface area contributed by atoms with Crippen molar-refractivity contribution in [2.75, 3.05) is 0 Å². The Morgan fingerprint density at radius 1 is 0.846 bits per heavy atom. The van der Waals surface area contributed by atoms with E-state index in [0.29, 0.717) is 0 Å². The van der Waals surface area contributed by atoms with Crippen LogP contribution >= 0.6 is 23.2 Å². The van der Waals surface area contributed by atoms with Crippen LogP contribution in [0.5, 0.6) is 0 Å². The number of carboxylic acids is 2. The Hall–Kier alpha value is -1.14. The van der Waals surface area contributed by atoms with Crippen LogP contribution < -0.4 is 0 Å². The van der Waals surface area contributed by atoms with Crippen LogP contribution in [0.15, 0.2) is 0 Å². The van der Waals surface area contributed by atoms with E-state index in [1.54, 1.807) is 0 Å². The monoisotopic (exact) mass is 230 g/mol. The van der Waals surface area contributed by atoms with Crippen molar-refractivity contribution in [3.63, 3.8) is 0 Å². The fourth-order valence-corrected chi connectivity index (χ4v) is 0.129. The average molecular weight is 231 g/mol. The molecule has 74 valence electrons. The SMILES string of the molecule is O=C(Cl)C(=O)Cl.O=C(O)CC(=O)O. The van der Waals surface area contributed by atoms with Crippen LogP contribution in [0.25, 0.3) is 0 Å². The molecular weight excluding hydrogens is 227 g/mol. The predicted octanol–water partition coefficient (Wildman–Crippen LogP) is 0.0629. The lowest BCUT2D eigenvalue weighted by Crippen LogP contribution is -2.03. The largest absolute Gasteiger partial charge is 0.481 e. The summed E-state index contributed by atoms with van der Waals surface area (Å²) in [6, 6.07) is 0. The molecule has 0 amide bonds. The first-order chi connectivity index (χ1) is 5.77. The van der Waals surface area contributed by atoms with Crippen molar-refractivity contribution in [3.05, 3.63) is 0 Å². The van der Waals surface area contributed by atoms with Crippen molar-refractivity contribution in [3.8, 4) is 0 Å². The summed E-state index contributed by atoms with van der Waals surface area (Å²) in [5, 5.41) is 13.1. The van der Waals surface area contributed by atoms with Crippen LogP contribution in [0.1, 0.15) is 6.42 Å². The molecule has 0 atom stereocenters. The molecule has 0 aliphatic heterocycles. The third-order valence-corrected chi connectivity index (χ3v) is 0.897. The molecule has 0 bridgehead atoms. The molecule has 8 heteroatoms. The van der Waals surface area contributed by atoms with Gasteiger partial charge in [-0.15, -0.1) is 0 Å². The van der Waals surface area contributed by atoms with Gasteiger partial charge >= 0.3 is 22.4 Å². The first kappa shape index (κ1) is 14.4. The molecule has 0 aromatic heterocycles. The highest BCUT2D eigenvalue weighted by Gasteiger charge is 2.02. The number of aliphatic carboxylic acids is 2. The Balaban J connectivity index is 0. The second-order valence-corrected chi connectivity index (χ2v) is 2.20. The molecule has 0 radical (unpaired) electrons. The maximum Gasteiger partial charge on any atom is 0.314 e. The third kappa shape index (κ3) is 18.1. The van der Waals surface area contributed by atoms with Gasteiger partial charge in [0, 0.05) is 0 Å². The van der Waals surface area contributed by atoms with Crippen molar-refractivity contribution in [2.45, 2.75) is 6.42 Å². The number of carboxylic acid groups (broad SMARTS) is 2. The van der Waals surface area contributed by atoms with E-state index < -0.39 is 28.8 Å². The summed E-state index contributed by atoms with van der Waals surface area (Å²) in [5.74, 6) is -2.62. The van der Waals surface area contributed by atoms with Gasteiger partial charge in [-0.25, -0.2) is 0 Å². The standard InChI is InChI=1S/C3H4O4.C2Cl2O2/c4-2(5)1-3(6)7;3-1(5)2(4)6/h1H2,(H,4,5)(H,6,7);. The summed E-state index contributed by atoms with van der Waals surface area (Å²) in [5.41, 5.74) is 0. The Kier molecular flexibility index (Phi) is 8.31. The van der Waals surface area contributed by atoms with E-state index in [4.69, 9.17) is 10.2 Å². The number of halogens is 2. The molecule has 0 aromatic rings. The van der Waals surface area contributed by atoms with Crippen LogP contribution in [0, 0.1) is 0 Å². The number of carbonyl (C=O) groups excluding carboxylic acids is 2. The highest BCUT2D eigenvalue weighted by molar-refractivity contribution is 6.97. The third-order valence-electron chi connectivity index (χ3n) is 0.457. The molecule has 0 rings (SSSR count). The van der Waals surface area contributed by atoms with Gasteiger partial charge in [0.05, 0.1) is 0 Å². The van der Waals surface area contributed by atoms with E-state index >= 15 is 0 Å². The first-order valence-corrected chi connectivity index (χ1v) is 3.35. The molecule has 0 spiro atoms. The molecule has 0 heterocycles. The fourth-order valence-electron chi connectivity index (χ4n) is 0.129. The van der Waals surface area contributed by atoms with Gasteiger partial charge in [-0.3, -0.25) is 19.2 Å². The molecule has 0 saturated heterocycles. The number of hydrogen-bond donors (Lipinski definition) is 2.